The Hall–Kier alpha value is -0.120. The average Bonchev–Trinajstić information content (AvgIpc) is 3.20. The van der Waals surface area contributed by atoms with E-state index in [0.29, 0.717) is 0 Å². The number of nitrogens with one attached hydrogen (secondary N) is 1. The fourth-order valence-electron chi connectivity index (χ4n) is 3.45. The highest BCUT2D eigenvalue weighted by molar-refractivity contribution is 4.89. The summed E-state index contributed by atoms with van der Waals surface area (Å²) in [5, 5.41) is 3.62. The van der Waals surface area contributed by atoms with E-state index >= 15 is 0 Å². The minimum absolute atomic E-state index is 0.186. The Balaban J connectivity index is 1.38. The molecule has 3 fully saturated rings. The molecule has 1 N–H and O–H groups in total. The highest BCUT2D eigenvalue weighted by atomic mass is 16.5. The van der Waals surface area contributed by atoms with Gasteiger partial charge in [0.25, 0.3) is 0 Å². The predicted octanol–water partition coefficient (Wildman–Crippen LogP) is 2.49. The van der Waals surface area contributed by atoms with Crippen molar-refractivity contribution < 1.29 is 9.47 Å². The average molecular weight is 253 g/mol. The van der Waals surface area contributed by atoms with Gasteiger partial charge in [-0.3, -0.25) is 0 Å². The molecule has 1 unspecified atom stereocenters. The Morgan fingerprint density at radius 3 is 2.67 bits per heavy atom. The van der Waals surface area contributed by atoms with Crippen LogP contribution in [-0.2, 0) is 9.47 Å². The molecule has 0 amide bonds. The molecule has 2 aliphatic heterocycles. The maximum absolute atomic E-state index is 6.10. The fraction of sp³-hybridized carbons (Fsp3) is 1.00. The Bertz CT molecular complexity index is 254. The minimum atomic E-state index is 0.186. The summed E-state index contributed by atoms with van der Waals surface area (Å²) in [6.07, 6.45) is 10.3. The van der Waals surface area contributed by atoms with Gasteiger partial charge in [0.05, 0.1) is 5.60 Å². The van der Waals surface area contributed by atoms with Gasteiger partial charge in [0.1, 0.15) is 0 Å². The summed E-state index contributed by atoms with van der Waals surface area (Å²) in [6, 6.07) is 0.863. The zero-order valence-corrected chi connectivity index (χ0v) is 11.5. The molecule has 3 rings (SSSR count). The smallest absolute Gasteiger partial charge is 0.0729 e. The second-order valence-corrected chi connectivity index (χ2v) is 6.37. The van der Waals surface area contributed by atoms with Crippen LogP contribution in [0.25, 0.3) is 0 Å². The minimum Gasteiger partial charge on any atom is -0.381 e. The molecular formula is C15H27NO2. The van der Waals surface area contributed by atoms with Crippen molar-refractivity contribution in [1.29, 1.82) is 0 Å². The van der Waals surface area contributed by atoms with Gasteiger partial charge in [0, 0.05) is 25.9 Å². The lowest BCUT2D eigenvalue weighted by atomic mass is 9.79. The quantitative estimate of drug-likeness (QED) is 0.764. The summed E-state index contributed by atoms with van der Waals surface area (Å²) in [5.41, 5.74) is 0.186. The first-order valence-electron chi connectivity index (χ1n) is 7.81. The fourth-order valence-corrected chi connectivity index (χ4v) is 3.45. The van der Waals surface area contributed by atoms with Crippen LogP contribution in [0.2, 0.25) is 0 Å². The molecule has 1 saturated carbocycles. The molecule has 1 spiro atoms. The summed E-state index contributed by atoms with van der Waals surface area (Å²) in [4.78, 5) is 0. The van der Waals surface area contributed by atoms with Gasteiger partial charge in [-0.1, -0.05) is 0 Å². The first kappa shape index (κ1) is 12.9. The molecule has 3 nitrogen and oxygen atoms in total. The van der Waals surface area contributed by atoms with Crippen LogP contribution in [0.4, 0.5) is 0 Å². The van der Waals surface area contributed by atoms with E-state index in [1.165, 1.54) is 45.1 Å². The van der Waals surface area contributed by atoms with Gasteiger partial charge >= 0.3 is 0 Å². The lowest BCUT2D eigenvalue weighted by molar-refractivity contribution is -0.147. The maximum Gasteiger partial charge on any atom is 0.0729 e. The van der Waals surface area contributed by atoms with Crippen molar-refractivity contribution in [3.63, 3.8) is 0 Å². The van der Waals surface area contributed by atoms with E-state index in [2.05, 4.69) is 5.32 Å². The standard InChI is InChI=1S/C15H27NO2/c1(8-16-14-3-4-14)2-13-5-9-18-15(12-13)6-10-17-11-7-15/h13-14,16H,1-12H2. The van der Waals surface area contributed by atoms with Crippen LogP contribution in [0.15, 0.2) is 0 Å². The predicted molar refractivity (Wildman–Crippen MR) is 71.7 cm³/mol. The molecule has 2 saturated heterocycles. The van der Waals surface area contributed by atoms with Gasteiger partial charge in [0.15, 0.2) is 0 Å². The van der Waals surface area contributed by atoms with Crippen molar-refractivity contribution in [3.8, 4) is 0 Å². The van der Waals surface area contributed by atoms with Crippen LogP contribution >= 0.6 is 0 Å². The monoisotopic (exact) mass is 253 g/mol. The SMILES string of the molecule is C(CNC1CC1)CC1CCOC2(CCOCC2)C1. The Morgan fingerprint density at radius 2 is 1.89 bits per heavy atom. The molecule has 3 heteroatoms. The van der Waals surface area contributed by atoms with Gasteiger partial charge in [-0.25, -0.2) is 0 Å². The van der Waals surface area contributed by atoms with E-state index < -0.39 is 0 Å². The zero-order chi connectivity index (χ0) is 12.3. The first-order chi connectivity index (χ1) is 8.86. The third kappa shape index (κ3) is 3.46. The molecule has 0 aromatic rings. The molecule has 104 valence electrons. The van der Waals surface area contributed by atoms with E-state index in [-0.39, 0.29) is 5.60 Å². The zero-order valence-electron chi connectivity index (χ0n) is 11.5. The lowest BCUT2D eigenvalue weighted by Crippen LogP contribution is -2.44. The van der Waals surface area contributed by atoms with E-state index in [4.69, 9.17) is 9.47 Å². The van der Waals surface area contributed by atoms with Crippen molar-refractivity contribution in [3.05, 3.63) is 0 Å². The van der Waals surface area contributed by atoms with Gasteiger partial charge in [-0.05, 0) is 63.8 Å². The van der Waals surface area contributed by atoms with E-state index in [1.807, 2.05) is 0 Å². The summed E-state index contributed by atoms with van der Waals surface area (Å²) in [7, 11) is 0. The van der Waals surface area contributed by atoms with E-state index in [9.17, 15) is 0 Å². The molecule has 0 radical (unpaired) electrons. The van der Waals surface area contributed by atoms with Gasteiger partial charge in [-0.15, -0.1) is 0 Å². The molecule has 2 heterocycles. The van der Waals surface area contributed by atoms with Crippen molar-refractivity contribution in [2.24, 2.45) is 5.92 Å². The molecular weight excluding hydrogens is 226 g/mol. The molecule has 18 heavy (non-hydrogen) atoms. The lowest BCUT2D eigenvalue weighted by Gasteiger charge is -2.43. The Kier molecular flexibility index (Phi) is 4.22. The van der Waals surface area contributed by atoms with Gasteiger partial charge in [-0.2, -0.15) is 0 Å². The van der Waals surface area contributed by atoms with Gasteiger partial charge < -0.3 is 14.8 Å². The second-order valence-electron chi connectivity index (χ2n) is 6.37. The van der Waals surface area contributed by atoms with Gasteiger partial charge in [0.2, 0.25) is 0 Å². The highest BCUT2D eigenvalue weighted by Crippen LogP contribution is 2.38. The molecule has 1 aliphatic carbocycles. The summed E-state index contributed by atoms with van der Waals surface area (Å²) >= 11 is 0. The number of hydrogen-bond acceptors (Lipinski definition) is 3. The molecule has 0 aromatic carbocycles. The normalized spacial score (nSPS) is 31.7. The number of hydrogen-bond donors (Lipinski definition) is 1. The molecule has 0 bridgehead atoms. The second kappa shape index (κ2) is 5.89. The van der Waals surface area contributed by atoms with Crippen LogP contribution in [0.3, 0.4) is 0 Å². The maximum atomic E-state index is 6.10. The van der Waals surface area contributed by atoms with Crippen LogP contribution in [0.5, 0.6) is 0 Å². The van der Waals surface area contributed by atoms with Crippen molar-refractivity contribution >= 4 is 0 Å². The molecule has 0 aromatic heterocycles. The Morgan fingerprint density at radius 1 is 1.06 bits per heavy atom. The number of rotatable bonds is 5. The topological polar surface area (TPSA) is 30.5 Å². The van der Waals surface area contributed by atoms with Crippen molar-refractivity contribution in [1.82, 2.24) is 5.32 Å². The summed E-state index contributed by atoms with van der Waals surface area (Å²) in [6.45, 7) is 3.99. The molecule has 3 aliphatic rings. The van der Waals surface area contributed by atoms with Crippen molar-refractivity contribution in [2.75, 3.05) is 26.4 Å². The Labute approximate surface area is 111 Å². The van der Waals surface area contributed by atoms with E-state index in [1.54, 1.807) is 0 Å². The van der Waals surface area contributed by atoms with Crippen LogP contribution in [0, 0.1) is 5.92 Å². The number of ether oxygens (including phenoxy) is 2. The van der Waals surface area contributed by atoms with Crippen LogP contribution in [0.1, 0.15) is 51.4 Å². The first-order valence-corrected chi connectivity index (χ1v) is 7.81. The molecule has 1 atom stereocenters. The van der Waals surface area contributed by atoms with Crippen LogP contribution in [-0.4, -0.2) is 38.0 Å². The summed E-state index contributed by atoms with van der Waals surface area (Å²) < 4.78 is 11.6. The highest BCUT2D eigenvalue weighted by Gasteiger charge is 2.38. The summed E-state index contributed by atoms with van der Waals surface area (Å²) in [5.74, 6) is 0.887. The third-order valence-electron chi connectivity index (χ3n) is 4.80. The third-order valence-corrected chi connectivity index (χ3v) is 4.80. The van der Waals surface area contributed by atoms with Crippen molar-refractivity contribution in [2.45, 2.75) is 63.0 Å². The van der Waals surface area contributed by atoms with Crippen LogP contribution < -0.4 is 5.32 Å². The largest absolute Gasteiger partial charge is 0.381 e. The van der Waals surface area contributed by atoms with E-state index in [0.717, 1.165) is 44.6 Å².